The molecule has 1 aromatic carbocycles. The van der Waals surface area contributed by atoms with Gasteiger partial charge in [-0.15, -0.1) is 0 Å². The first-order valence-corrected chi connectivity index (χ1v) is 7.14. The van der Waals surface area contributed by atoms with Crippen LogP contribution >= 0.6 is 11.3 Å². The number of imidazole rings is 1. The molecule has 1 N–H and O–H groups in total. The molecule has 21 heavy (non-hydrogen) atoms. The van der Waals surface area contributed by atoms with Crippen molar-refractivity contribution in [1.82, 2.24) is 9.38 Å². The van der Waals surface area contributed by atoms with Crippen LogP contribution in [0.1, 0.15) is 9.67 Å². The quantitative estimate of drug-likeness (QED) is 0.787. The Morgan fingerprint density at radius 3 is 2.81 bits per heavy atom. The van der Waals surface area contributed by atoms with Gasteiger partial charge in [0, 0.05) is 18.0 Å². The molecular formula is C14H10N2O4S. The Morgan fingerprint density at radius 1 is 1.24 bits per heavy atom. The molecule has 7 heteroatoms. The van der Waals surface area contributed by atoms with Crippen LogP contribution in [-0.4, -0.2) is 33.7 Å². The zero-order chi connectivity index (χ0) is 14.4. The van der Waals surface area contributed by atoms with Gasteiger partial charge in [-0.25, -0.2) is 9.78 Å². The Hall–Kier alpha value is -2.54. The average molecular weight is 302 g/mol. The monoisotopic (exact) mass is 302 g/mol. The molecule has 3 aromatic rings. The summed E-state index contributed by atoms with van der Waals surface area (Å²) >= 11 is 1.15. The standard InChI is InChI=1S/C14H10N2O4S/c17-13(18)12-7-16-6-9(15-14(16)21-12)8-1-2-10-11(5-8)20-4-3-19-10/h1-2,5-7H,3-4H2,(H,17,18). The SMILES string of the molecule is O=C(O)c1cn2cc(-c3ccc4c(c3)OCCO4)nc2s1. The van der Waals surface area contributed by atoms with Crippen LogP contribution < -0.4 is 9.47 Å². The lowest BCUT2D eigenvalue weighted by molar-refractivity contribution is 0.0702. The summed E-state index contributed by atoms with van der Waals surface area (Å²) in [5.41, 5.74) is 1.68. The molecule has 0 saturated carbocycles. The van der Waals surface area contributed by atoms with Crippen molar-refractivity contribution in [3.8, 4) is 22.8 Å². The van der Waals surface area contributed by atoms with Crippen molar-refractivity contribution in [2.24, 2.45) is 0 Å². The van der Waals surface area contributed by atoms with Crippen LogP contribution in [0, 0.1) is 0 Å². The van der Waals surface area contributed by atoms with E-state index in [9.17, 15) is 4.79 Å². The van der Waals surface area contributed by atoms with Crippen LogP contribution in [-0.2, 0) is 0 Å². The van der Waals surface area contributed by atoms with Gasteiger partial charge in [0.05, 0.1) is 5.69 Å². The van der Waals surface area contributed by atoms with E-state index in [1.165, 1.54) is 0 Å². The first-order chi connectivity index (χ1) is 10.2. The topological polar surface area (TPSA) is 73.1 Å². The highest BCUT2D eigenvalue weighted by Crippen LogP contribution is 2.34. The lowest BCUT2D eigenvalue weighted by Crippen LogP contribution is -2.15. The summed E-state index contributed by atoms with van der Waals surface area (Å²) in [5, 5.41) is 8.96. The molecule has 0 aliphatic carbocycles. The van der Waals surface area contributed by atoms with E-state index >= 15 is 0 Å². The molecule has 0 saturated heterocycles. The maximum Gasteiger partial charge on any atom is 0.347 e. The van der Waals surface area contributed by atoms with E-state index < -0.39 is 5.97 Å². The second-order valence-corrected chi connectivity index (χ2v) is 5.58. The fraction of sp³-hybridized carbons (Fsp3) is 0.143. The van der Waals surface area contributed by atoms with Gasteiger partial charge in [0.25, 0.3) is 0 Å². The number of benzene rings is 1. The lowest BCUT2D eigenvalue weighted by atomic mass is 10.1. The normalized spacial score (nSPS) is 13.5. The van der Waals surface area contributed by atoms with Gasteiger partial charge in [0.2, 0.25) is 0 Å². The number of aromatic carboxylic acids is 1. The molecule has 6 nitrogen and oxygen atoms in total. The van der Waals surface area contributed by atoms with Gasteiger partial charge in [0.1, 0.15) is 18.1 Å². The fourth-order valence-corrected chi connectivity index (χ4v) is 3.04. The van der Waals surface area contributed by atoms with Crippen LogP contribution in [0.2, 0.25) is 0 Å². The molecule has 0 unspecified atom stereocenters. The fourth-order valence-electron chi connectivity index (χ4n) is 2.24. The van der Waals surface area contributed by atoms with Crippen molar-refractivity contribution in [2.75, 3.05) is 13.2 Å². The first-order valence-electron chi connectivity index (χ1n) is 6.32. The van der Waals surface area contributed by atoms with Gasteiger partial charge >= 0.3 is 5.97 Å². The number of aromatic nitrogens is 2. The summed E-state index contributed by atoms with van der Waals surface area (Å²) in [6.07, 6.45) is 3.38. The van der Waals surface area contributed by atoms with Gasteiger partial charge in [-0.1, -0.05) is 11.3 Å². The highest BCUT2D eigenvalue weighted by atomic mass is 32.1. The summed E-state index contributed by atoms with van der Waals surface area (Å²) in [6.45, 7) is 1.10. The van der Waals surface area contributed by atoms with Gasteiger partial charge in [0.15, 0.2) is 16.5 Å². The van der Waals surface area contributed by atoms with E-state index in [0.717, 1.165) is 28.3 Å². The third kappa shape index (κ3) is 2.02. The summed E-state index contributed by atoms with van der Waals surface area (Å²) in [5.74, 6) is 0.506. The molecule has 0 atom stereocenters. The van der Waals surface area contributed by atoms with E-state index in [0.29, 0.717) is 23.9 Å². The number of thiazole rings is 1. The number of nitrogens with zero attached hydrogens (tertiary/aromatic N) is 2. The number of hydrogen-bond donors (Lipinski definition) is 1. The first kappa shape index (κ1) is 12.2. The summed E-state index contributed by atoms with van der Waals surface area (Å²) in [4.78, 5) is 16.3. The number of hydrogen-bond acceptors (Lipinski definition) is 5. The molecule has 4 rings (SSSR count). The van der Waals surface area contributed by atoms with Crippen LogP contribution in [0.25, 0.3) is 16.2 Å². The molecule has 1 aliphatic heterocycles. The van der Waals surface area contributed by atoms with Gasteiger partial charge in [-0.2, -0.15) is 0 Å². The van der Waals surface area contributed by atoms with E-state index in [4.69, 9.17) is 14.6 Å². The van der Waals surface area contributed by atoms with Gasteiger partial charge in [-0.3, -0.25) is 4.40 Å². The molecule has 0 fully saturated rings. The minimum atomic E-state index is -0.939. The molecule has 0 spiro atoms. The number of carbonyl (C=O) groups is 1. The summed E-state index contributed by atoms with van der Waals surface area (Å²) < 4.78 is 12.8. The Kier molecular flexibility index (Phi) is 2.61. The summed E-state index contributed by atoms with van der Waals surface area (Å²) in [7, 11) is 0. The number of carboxylic acids is 1. The maximum absolute atomic E-state index is 10.9. The van der Waals surface area contributed by atoms with Crippen molar-refractivity contribution in [1.29, 1.82) is 0 Å². The van der Waals surface area contributed by atoms with Crippen LogP contribution in [0.5, 0.6) is 11.5 Å². The maximum atomic E-state index is 10.9. The zero-order valence-electron chi connectivity index (χ0n) is 10.8. The van der Waals surface area contributed by atoms with Crippen LogP contribution in [0.3, 0.4) is 0 Å². The summed E-state index contributed by atoms with van der Waals surface area (Å²) in [6, 6.07) is 5.66. The molecule has 3 heterocycles. The Morgan fingerprint density at radius 2 is 2.05 bits per heavy atom. The van der Waals surface area contributed by atoms with Crippen molar-refractivity contribution >= 4 is 22.3 Å². The predicted octanol–water partition coefficient (Wildman–Crippen LogP) is 2.53. The van der Waals surface area contributed by atoms with Crippen LogP contribution in [0.4, 0.5) is 0 Å². The third-order valence-electron chi connectivity index (χ3n) is 3.20. The largest absolute Gasteiger partial charge is 0.486 e. The Labute approximate surface area is 123 Å². The van der Waals surface area contributed by atoms with Crippen molar-refractivity contribution in [3.05, 3.63) is 35.5 Å². The highest BCUT2D eigenvalue weighted by molar-refractivity contribution is 7.18. The molecular weight excluding hydrogens is 292 g/mol. The minimum absolute atomic E-state index is 0.270. The lowest BCUT2D eigenvalue weighted by Gasteiger charge is -2.18. The average Bonchev–Trinajstić information content (AvgIpc) is 3.05. The molecule has 106 valence electrons. The Bertz CT molecular complexity index is 820. The zero-order valence-corrected chi connectivity index (χ0v) is 11.6. The van der Waals surface area contributed by atoms with E-state index in [1.807, 2.05) is 24.4 Å². The second-order valence-electron chi connectivity index (χ2n) is 4.57. The number of rotatable bonds is 2. The Balaban J connectivity index is 1.75. The predicted molar refractivity (Wildman–Crippen MR) is 76.5 cm³/mol. The molecule has 0 bridgehead atoms. The van der Waals surface area contributed by atoms with Crippen molar-refractivity contribution < 1.29 is 19.4 Å². The minimum Gasteiger partial charge on any atom is -0.486 e. The van der Waals surface area contributed by atoms with Crippen molar-refractivity contribution in [2.45, 2.75) is 0 Å². The second kappa shape index (κ2) is 4.49. The smallest absolute Gasteiger partial charge is 0.347 e. The third-order valence-corrected chi connectivity index (χ3v) is 4.19. The number of fused-ring (bicyclic) bond motifs is 2. The molecule has 1 aliphatic rings. The number of carboxylic acid groups (broad SMARTS) is 1. The number of ether oxygens (including phenoxy) is 2. The van der Waals surface area contributed by atoms with Crippen molar-refractivity contribution in [3.63, 3.8) is 0 Å². The van der Waals surface area contributed by atoms with E-state index in [1.54, 1.807) is 10.6 Å². The highest BCUT2D eigenvalue weighted by Gasteiger charge is 2.15. The van der Waals surface area contributed by atoms with Gasteiger partial charge in [-0.05, 0) is 18.2 Å². The van der Waals surface area contributed by atoms with E-state index in [-0.39, 0.29) is 4.88 Å². The molecule has 0 radical (unpaired) electrons. The van der Waals surface area contributed by atoms with E-state index in [2.05, 4.69) is 4.98 Å². The van der Waals surface area contributed by atoms with Gasteiger partial charge < -0.3 is 14.6 Å². The van der Waals surface area contributed by atoms with Crippen LogP contribution in [0.15, 0.2) is 30.6 Å². The molecule has 2 aromatic heterocycles. The molecule has 0 amide bonds.